The Labute approximate surface area is 209 Å². The van der Waals surface area contributed by atoms with Gasteiger partial charge in [0.2, 0.25) is 11.8 Å². The first-order chi connectivity index (χ1) is 16.8. The number of ether oxygens (including phenoxy) is 1. The van der Waals surface area contributed by atoms with E-state index in [1.54, 1.807) is 19.4 Å². The molecular weight excluding hydrogens is 464 g/mol. The predicted molar refractivity (Wildman–Crippen MR) is 135 cm³/mol. The maximum Gasteiger partial charge on any atom is 0.222 e. The number of rotatable bonds is 5. The second-order valence-electron chi connectivity index (χ2n) is 9.34. The number of amides is 1. The van der Waals surface area contributed by atoms with Gasteiger partial charge < -0.3 is 14.6 Å². The molecule has 0 saturated heterocycles. The van der Waals surface area contributed by atoms with E-state index in [2.05, 4.69) is 22.2 Å². The lowest BCUT2D eigenvalue weighted by molar-refractivity contribution is -0.119. The van der Waals surface area contributed by atoms with Crippen LogP contribution in [-0.4, -0.2) is 36.5 Å². The van der Waals surface area contributed by atoms with E-state index in [1.807, 2.05) is 30.7 Å². The van der Waals surface area contributed by atoms with Crippen LogP contribution in [-0.2, 0) is 18.3 Å². The fraction of sp³-hybridized carbons (Fsp3) is 0.423. The zero-order valence-electron chi connectivity index (χ0n) is 20.4. The first-order valence-corrected chi connectivity index (χ1v) is 12.4. The van der Waals surface area contributed by atoms with Gasteiger partial charge in [-0.1, -0.05) is 18.5 Å². The number of hydrogen-bond donors (Lipinski definition) is 1. The van der Waals surface area contributed by atoms with Crippen LogP contribution in [0.4, 0.5) is 0 Å². The van der Waals surface area contributed by atoms with E-state index in [1.165, 1.54) is 0 Å². The van der Waals surface area contributed by atoms with Crippen LogP contribution in [0, 0.1) is 6.92 Å². The Kier molecular flexibility index (Phi) is 6.32. The molecule has 1 amide bonds. The summed E-state index contributed by atoms with van der Waals surface area (Å²) in [5, 5.41) is 3.73. The SMILES string of the molecule is CCc1nc2cc(C)c(Oc3cnc4c(c3)ncn4C)nc(C3CCC(NC(C)=O)CC3)c-2c1Cl. The third-order valence-electron chi connectivity index (χ3n) is 6.75. The number of carbonyl (C=O) groups is 1. The van der Waals surface area contributed by atoms with Gasteiger partial charge in [0.1, 0.15) is 11.3 Å². The molecule has 1 aliphatic carbocycles. The van der Waals surface area contributed by atoms with Gasteiger partial charge in [-0.15, -0.1) is 0 Å². The average molecular weight is 493 g/mol. The van der Waals surface area contributed by atoms with Gasteiger partial charge in [-0.05, 0) is 45.1 Å². The van der Waals surface area contributed by atoms with Crippen LogP contribution in [0.25, 0.3) is 22.4 Å². The number of carbonyl (C=O) groups excluding carboxylic acids is 1. The molecular formula is C26H29ClN6O2. The summed E-state index contributed by atoms with van der Waals surface area (Å²) >= 11 is 6.85. The third kappa shape index (κ3) is 4.55. The molecule has 1 fully saturated rings. The molecule has 2 aromatic rings. The molecule has 0 atom stereocenters. The molecule has 0 aromatic carbocycles. The summed E-state index contributed by atoms with van der Waals surface area (Å²) in [7, 11) is 1.91. The molecule has 3 aliphatic rings. The van der Waals surface area contributed by atoms with Crippen LogP contribution in [0.15, 0.2) is 24.7 Å². The fourth-order valence-corrected chi connectivity index (χ4v) is 5.34. The van der Waals surface area contributed by atoms with E-state index < -0.39 is 0 Å². The Bertz CT molecular complexity index is 1380. The van der Waals surface area contributed by atoms with E-state index in [0.717, 1.165) is 71.5 Å². The highest BCUT2D eigenvalue weighted by Crippen LogP contribution is 2.44. The van der Waals surface area contributed by atoms with Crippen LogP contribution in [0.2, 0.25) is 5.02 Å². The van der Waals surface area contributed by atoms with E-state index in [4.69, 9.17) is 26.3 Å². The molecule has 0 radical (unpaired) electrons. The first-order valence-electron chi connectivity index (χ1n) is 12.1. The van der Waals surface area contributed by atoms with Crippen LogP contribution >= 0.6 is 11.6 Å². The van der Waals surface area contributed by atoms with Gasteiger partial charge in [-0.3, -0.25) is 9.78 Å². The molecule has 0 bridgehead atoms. The van der Waals surface area contributed by atoms with E-state index in [-0.39, 0.29) is 17.9 Å². The first kappa shape index (κ1) is 23.5. The highest BCUT2D eigenvalue weighted by atomic mass is 35.5. The zero-order valence-corrected chi connectivity index (χ0v) is 21.2. The zero-order chi connectivity index (χ0) is 24.7. The van der Waals surface area contributed by atoms with Crippen molar-refractivity contribution in [1.29, 1.82) is 0 Å². The number of imidazole rings is 1. The maximum absolute atomic E-state index is 11.5. The summed E-state index contributed by atoms with van der Waals surface area (Å²) in [6.07, 6.45) is 7.77. The van der Waals surface area contributed by atoms with Gasteiger partial charge in [0.15, 0.2) is 5.65 Å². The molecule has 4 heterocycles. The molecule has 2 aliphatic heterocycles. The van der Waals surface area contributed by atoms with Crippen molar-refractivity contribution in [3.63, 3.8) is 0 Å². The van der Waals surface area contributed by atoms with Crippen molar-refractivity contribution in [1.82, 2.24) is 29.8 Å². The fourth-order valence-electron chi connectivity index (χ4n) is 4.97. The van der Waals surface area contributed by atoms with Gasteiger partial charge in [-0.25, -0.2) is 15.0 Å². The molecule has 1 saturated carbocycles. The quantitative estimate of drug-likeness (QED) is 0.404. The van der Waals surface area contributed by atoms with Crippen molar-refractivity contribution in [3.8, 4) is 22.9 Å². The largest absolute Gasteiger partial charge is 0.437 e. The van der Waals surface area contributed by atoms with Gasteiger partial charge in [-0.2, -0.15) is 0 Å². The van der Waals surface area contributed by atoms with Gasteiger partial charge >= 0.3 is 0 Å². The van der Waals surface area contributed by atoms with Crippen molar-refractivity contribution in [2.24, 2.45) is 7.05 Å². The summed E-state index contributed by atoms with van der Waals surface area (Å²) in [5.74, 6) is 1.29. The Morgan fingerprint density at radius 3 is 2.69 bits per heavy atom. The number of nitrogens with zero attached hydrogens (tertiary/aromatic N) is 5. The number of hydrogen-bond acceptors (Lipinski definition) is 6. The molecule has 2 aromatic heterocycles. The Morgan fingerprint density at radius 1 is 1.20 bits per heavy atom. The Hall–Kier alpha value is -3.26. The lowest BCUT2D eigenvalue weighted by Gasteiger charge is -2.29. The monoisotopic (exact) mass is 492 g/mol. The van der Waals surface area contributed by atoms with Crippen LogP contribution < -0.4 is 10.1 Å². The molecule has 1 N–H and O–H groups in total. The molecule has 0 unspecified atom stereocenters. The topological polar surface area (TPSA) is 94.8 Å². The third-order valence-corrected chi connectivity index (χ3v) is 7.16. The minimum Gasteiger partial charge on any atom is -0.437 e. The summed E-state index contributed by atoms with van der Waals surface area (Å²) < 4.78 is 8.15. The second-order valence-corrected chi connectivity index (χ2v) is 9.71. The lowest BCUT2D eigenvalue weighted by atomic mass is 9.82. The summed E-state index contributed by atoms with van der Waals surface area (Å²) in [5.41, 5.74) is 5.95. The number of aromatic nitrogens is 5. The van der Waals surface area contributed by atoms with Crippen LogP contribution in [0.3, 0.4) is 0 Å². The number of halogens is 1. The molecule has 35 heavy (non-hydrogen) atoms. The lowest BCUT2D eigenvalue weighted by Crippen LogP contribution is -2.35. The minimum absolute atomic E-state index is 0.0146. The number of aryl methyl sites for hydroxylation is 3. The van der Waals surface area contributed by atoms with Crippen molar-refractivity contribution in [2.45, 2.75) is 64.8 Å². The highest BCUT2D eigenvalue weighted by Gasteiger charge is 2.30. The summed E-state index contributed by atoms with van der Waals surface area (Å²) in [6.45, 7) is 5.60. The summed E-state index contributed by atoms with van der Waals surface area (Å²) in [4.78, 5) is 30.3. The van der Waals surface area contributed by atoms with Crippen LogP contribution in [0.1, 0.15) is 62.4 Å². The average Bonchev–Trinajstić information content (AvgIpc) is 3.31. The predicted octanol–water partition coefficient (Wildman–Crippen LogP) is 5.34. The van der Waals surface area contributed by atoms with Gasteiger partial charge in [0.25, 0.3) is 0 Å². The number of nitrogens with one attached hydrogen (secondary N) is 1. The molecule has 8 nitrogen and oxygen atoms in total. The van der Waals surface area contributed by atoms with Crippen molar-refractivity contribution < 1.29 is 9.53 Å². The van der Waals surface area contributed by atoms with Crippen molar-refractivity contribution >= 4 is 28.7 Å². The normalized spacial score (nSPS) is 18.2. The molecule has 5 rings (SSSR count). The minimum atomic E-state index is 0.0146. The van der Waals surface area contributed by atoms with Crippen LogP contribution in [0.5, 0.6) is 11.6 Å². The van der Waals surface area contributed by atoms with Gasteiger partial charge in [0.05, 0.1) is 34.6 Å². The Balaban J connectivity index is 1.56. The molecule has 0 spiro atoms. The standard InChI is InChI=1S/C26H29ClN6O2/c1-5-19-23(27)22-20(31-19)10-14(2)26(35-18-11-21-25(28-12-18)33(4)13-29-21)32-24(22)16-6-8-17(9-7-16)30-15(3)34/h10-13,16-17H,5-9H2,1-4H3,(H,30,34). The summed E-state index contributed by atoms with van der Waals surface area (Å²) in [6, 6.07) is 4.07. The second kappa shape index (κ2) is 9.41. The van der Waals surface area contributed by atoms with Crippen molar-refractivity contribution in [2.75, 3.05) is 0 Å². The van der Waals surface area contributed by atoms with Crippen molar-refractivity contribution in [3.05, 3.63) is 46.6 Å². The smallest absolute Gasteiger partial charge is 0.222 e. The van der Waals surface area contributed by atoms with Gasteiger partial charge in [0, 0.05) is 43.1 Å². The Morgan fingerprint density at radius 2 is 1.97 bits per heavy atom. The van der Waals surface area contributed by atoms with E-state index >= 15 is 0 Å². The number of pyridine rings is 1. The number of fused-ring (bicyclic) bond motifs is 2. The highest BCUT2D eigenvalue weighted by molar-refractivity contribution is 6.34. The molecule has 182 valence electrons. The molecule has 9 heteroatoms. The van der Waals surface area contributed by atoms with E-state index in [9.17, 15) is 4.79 Å². The maximum atomic E-state index is 11.5. The van der Waals surface area contributed by atoms with E-state index in [0.29, 0.717) is 16.7 Å².